The third kappa shape index (κ3) is 3.78. The Morgan fingerprint density at radius 2 is 1.00 bits per heavy atom. The summed E-state index contributed by atoms with van der Waals surface area (Å²) >= 11 is 0. The van der Waals surface area contributed by atoms with Crippen molar-refractivity contribution in [1.82, 2.24) is 0 Å². The monoisotopic (exact) mass is 424 g/mol. The van der Waals surface area contributed by atoms with Gasteiger partial charge in [0, 0.05) is 11.1 Å². The average Bonchev–Trinajstić information content (AvgIpc) is 2.88. The SMILES string of the molecule is C[Si](c1ccccc1)(c1ccc(C#Cc2ccccc2)cc1)c1cccc2ccccc12. The van der Waals surface area contributed by atoms with Crippen LogP contribution in [0.1, 0.15) is 11.1 Å². The quantitative estimate of drug-likeness (QED) is 0.208. The molecule has 0 bridgehead atoms. The Morgan fingerprint density at radius 3 is 1.72 bits per heavy atom. The lowest BCUT2D eigenvalue weighted by molar-refractivity contribution is 1.63. The molecule has 32 heavy (non-hydrogen) atoms. The fourth-order valence-electron chi connectivity index (χ4n) is 4.46. The Balaban J connectivity index is 1.63. The molecule has 0 N–H and O–H groups in total. The Labute approximate surface area is 191 Å². The van der Waals surface area contributed by atoms with E-state index < -0.39 is 8.07 Å². The molecular weight excluding hydrogens is 400 g/mol. The van der Waals surface area contributed by atoms with E-state index in [1.54, 1.807) is 0 Å². The van der Waals surface area contributed by atoms with Gasteiger partial charge in [0.05, 0.1) is 0 Å². The van der Waals surface area contributed by atoms with E-state index in [2.05, 4.69) is 115 Å². The number of hydrogen-bond donors (Lipinski definition) is 0. The van der Waals surface area contributed by atoms with Crippen molar-refractivity contribution in [3.05, 3.63) is 139 Å². The number of benzene rings is 5. The summed E-state index contributed by atoms with van der Waals surface area (Å²) in [5, 5.41) is 6.90. The maximum absolute atomic E-state index is 3.31. The van der Waals surface area contributed by atoms with Crippen molar-refractivity contribution in [2.45, 2.75) is 6.55 Å². The number of rotatable bonds is 3. The summed E-state index contributed by atoms with van der Waals surface area (Å²) in [6.45, 7) is 2.47. The minimum Gasteiger partial charge on any atom is -0.0624 e. The second kappa shape index (κ2) is 8.71. The molecule has 1 atom stereocenters. The van der Waals surface area contributed by atoms with Gasteiger partial charge in [0.15, 0.2) is 0 Å². The smallest absolute Gasteiger partial charge is 0.0624 e. The van der Waals surface area contributed by atoms with Crippen molar-refractivity contribution in [3.63, 3.8) is 0 Å². The highest BCUT2D eigenvalue weighted by molar-refractivity contribution is 7.11. The van der Waals surface area contributed by atoms with Gasteiger partial charge in [-0.15, -0.1) is 0 Å². The van der Waals surface area contributed by atoms with Gasteiger partial charge in [-0.3, -0.25) is 0 Å². The van der Waals surface area contributed by atoms with Crippen LogP contribution >= 0.6 is 0 Å². The topological polar surface area (TPSA) is 0 Å². The summed E-state index contributed by atoms with van der Waals surface area (Å²) in [6, 6.07) is 45.5. The van der Waals surface area contributed by atoms with Gasteiger partial charge in [-0.05, 0) is 50.6 Å². The van der Waals surface area contributed by atoms with Gasteiger partial charge in [-0.2, -0.15) is 0 Å². The molecule has 5 rings (SSSR count). The first-order valence-corrected chi connectivity index (χ1v) is 13.5. The van der Waals surface area contributed by atoms with Crippen LogP contribution in [0.4, 0.5) is 0 Å². The van der Waals surface area contributed by atoms with E-state index in [-0.39, 0.29) is 0 Å². The number of hydrogen-bond acceptors (Lipinski definition) is 0. The van der Waals surface area contributed by atoms with Gasteiger partial charge in [-0.1, -0.05) is 122 Å². The van der Waals surface area contributed by atoms with Crippen LogP contribution in [0.15, 0.2) is 127 Å². The Bertz CT molecular complexity index is 1400. The second-order valence-electron chi connectivity index (χ2n) is 8.21. The molecule has 1 heteroatoms. The van der Waals surface area contributed by atoms with Crippen molar-refractivity contribution in [2.24, 2.45) is 0 Å². The van der Waals surface area contributed by atoms with Crippen LogP contribution in [0.2, 0.25) is 6.55 Å². The van der Waals surface area contributed by atoms with Crippen LogP contribution in [0.3, 0.4) is 0 Å². The molecule has 0 nitrogen and oxygen atoms in total. The van der Waals surface area contributed by atoms with Gasteiger partial charge in [0.25, 0.3) is 0 Å². The molecule has 1 unspecified atom stereocenters. The molecule has 0 aliphatic heterocycles. The summed E-state index contributed by atoms with van der Waals surface area (Å²) in [5.74, 6) is 6.58. The average molecular weight is 425 g/mol. The minimum absolute atomic E-state index is 1.04. The van der Waals surface area contributed by atoms with E-state index in [1.807, 2.05) is 30.3 Å². The molecule has 0 fully saturated rings. The highest BCUT2D eigenvalue weighted by Gasteiger charge is 2.35. The normalized spacial score (nSPS) is 12.5. The predicted molar refractivity (Wildman–Crippen MR) is 140 cm³/mol. The molecule has 0 saturated carbocycles. The molecule has 0 amide bonds. The first kappa shape index (κ1) is 20.1. The lowest BCUT2D eigenvalue weighted by atomic mass is 10.1. The molecule has 0 radical (unpaired) electrons. The van der Waals surface area contributed by atoms with Crippen molar-refractivity contribution in [3.8, 4) is 11.8 Å². The Morgan fingerprint density at radius 1 is 0.469 bits per heavy atom. The van der Waals surface area contributed by atoms with E-state index in [1.165, 1.54) is 26.3 Å². The summed E-state index contributed by atoms with van der Waals surface area (Å²) in [5.41, 5.74) is 2.08. The minimum atomic E-state index is -2.20. The van der Waals surface area contributed by atoms with Crippen LogP contribution in [-0.4, -0.2) is 8.07 Å². The summed E-state index contributed by atoms with van der Waals surface area (Å²) < 4.78 is 0. The third-order valence-corrected chi connectivity index (χ3v) is 10.8. The lowest BCUT2D eigenvalue weighted by Crippen LogP contribution is -2.64. The van der Waals surface area contributed by atoms with E-state index in [9.17, 15) is 0 Å². The molecule has 0 aromatic heterocycles. The molecule has 0 aliphatic carbocycles. The first-order chi connectivity index (χ1) is 15.7. The molecule has 0 spiro atoms. The van der Waals surface area contributed by atoms with Crippen LogP contribution in [0.5, 0.6) is 0 Å². The van der Waals surface area contributed by atoms with Crippen molar-refractivity contribution in [1.29, 1.82) is 0 Å². The van der Waals surface area contributed by atoms with Gasteiger partial charge >= 0.3 is 0 Å². The van der Waals surface area contributed by atoms with Crippen molar-refractivity contribution < 1.29 is 0 Å². The molecule has 5 aromatic rings. The maximum Gasteiger partial charge on any atom is 0.146 e. The van der Waals surface area contributed by atoms with Crippen LogP contribution in [-0.2, 0) is 0 Å². The van der Waals surface area contributed by atoms with Crippen molar-refractivity contribution in [2.75, 3.05) is 0 Å². The van der Waals surface area contributed by atoms with Gasteiger partial charge in [0.1, 0.15) is 8.07 Å². The third-order valence-electron chi connectivity index (χ3n) is 6.27. The molecule has 152 valence electrons. The zero-order chi connectivity index (χ0) is 21.8. The zero-order valence-electron chi connectivity index (χ0n) is 18.1. The maximum atomic E-state index is 3.31. The summed E-state index contributed by atoms with van der Waals surface area (Å²) in [4.78, 5) is 0. The molecule has 0 aliphatic rings. The van der Waals surface area contributed by atoms with Crippen LogP contribution in [0.25, 0.3) is 10.8 Å². The standard InChI is InChI=1S/C31H24Si/c1-32(28-15-6-3-7-16-28,31-18-10-14-27-13-8-9-17-30(27)31)29-23-21-26(22-24-29)20-19-25-11-4-2-5-12-25/h2-18,21-24H,1H3. The first-order valence-electron chi connectivity index (χ1n) is 11.0. The lowest BCUT2D eigenvalue weighted by Gasteiger charge is -2.30. The molecular formula is C31H24Si. The van der Waals surface area contributed by atoms with Crippen LogP contribution in [0, 0.1) is 11.8 Å². The molecule has 0 saturated heterocycles. The Kier molecular flexibility index (Phi) is 5.46. The highest BCUT2D eigenvalue weighted by atomic mass is 28.3. The van der Waals surface area contributed by atoms with E-state index >= 15 is 0 Å². The van der Waals surface area contributed by atoms with Crippen LogP contribution < -0.4 is 15.6 Å². The fraction of sp³-hybridized carbons (Fsp3) is 0.0323. The molecule has 0 heterocycles. The largest absolute Gasteiger partial charge is 0.146 e. The van der Waals surface area contributed by atoms with E-state index in [4.69, 9.17) is 0 Å². The zero-order valence-corrected chi connectivity index (χ0v) is 19.1. The summed E-state index contributed by atoms with van der Waals surface area (Å²) in [6.07, 6.45) is 0. The number of fused-ring (bicyclic) bond motifs is 1. The van der Waals surface area contributed by atoms with Gasteiger partial charge in [-0.25, -0.2) is 0 Å². The van der Waals surface area contributed by atoms with Gasteiger partial charge < -0.3 is 0 Å². The van der Waals surface area contributed by atoms with Gasteiger partial charge in [0.2, 0.25) is 0 Å². The molecule has 5 aromatic carbocycles. The van der Waals surface area contributed by atoms with E-state index in [0.717, 1.165) is 11.1 Å². The summed E-state index contributed by atoms with van der Waals surface area (Å²) in [7, 11) is -2.20. The Hall–Kier alpha value is -3.86. The highest BCUT2D eigenvalue weighted by Crippen LogP contribution is 2.17. The second-order valence-corrected chi connectivity index (χ2v) is 12.2. The fourth-order valence-corrected chi connectivity index (χ4v) is 8.31. The van der Waals surface area contributed by atoms with Crippen molar-refractivity contribution >= 4 is 34.4 Å². The predicted octanol–water partition coefficient (Wildman–Crippen LogP) is 5.34. The van der Waals surface area contributed by atoms with E-state index in [0.29, 0.717) is 0 Å².